The molecule has 0 unspecified atom stereocenters. The van der Waals surface area contributed by atoms with Gasteiger partial charge in [-0.1, -0.05) is 36.4 Å². The summed E-state index contributed by atoms with van der Waals surface area (Å²) in [4.78, 5) is 6.44. The van der Waals surface area contributed by atoms with Crippen LogP contribution in [0.1, 0.15) is 0 Å². The van der Waals surface area contributed by atoms with Crippen molar-refractivity contribution in [1.82, 2.24) is 0 Å². The summed E-state index contributed by atoms with van der Waals surface area (Å²) < 4.78 is 0. The van der Waals surface area contributed by atoms with Crippen LogP contribution in [-0.2, 0) is 0 Å². The SMILES string of the molecule is CN(C)c1cccc(-c2cc(-c3cccc(N(C)C)c3)cc(-c3cccc(N(C)C)c3)c2)c1. The summed E-state index contributed by atoms with van der Waals surface area (Å²) in [6, 6.07) is 33.1. The van der Waals surface area contributed by atoms with E-state index in [4.69, 9.17) is 0 Å². The van der Waals surface area contributed by atoms with Crippen LogP contribution in [0.15, 0.2) is 91.0 Å². The molecule has 0 atom stereocenters. The first-order chi connectivity index (χ1) is 15.8. The second-order valence-corrected chi connectivity index (χ2v) is 9.13. The van der Waals surface area contributed by atoms with E-state index in [1.807, 2.05) is 0 Å². The fraction of sp³-hybridized carbons (Fsp3) is 0.200. The number of benzene rings is 4. The van der Waals surface area contributed by atoms with Gasteiger partial charge in [0.25, 0.3) is 0 Å². The lowest BCUT2D eigenvalue weighted by molar-refractivity contribution is 1.13. The van der Waals surface area contributed by atoms with Gasteiger partial charge in [0.2, 0.25) is 0 Å². The fourth-order valence-electron chi connectivity index (χ4n) is 4.02. The van der Waals surface area contributed by atoms with Gasteiger partial charge in [0.15, 0.2) is 0 Å². The van der Waals surface area contributed by atoms with Crippen molar-refractivity contribution in [2.45, 2.75) is 0 Å². The Morgan fingerprint density at radius 1 is 0.333 bits per heavy atom. The molecule has 0 N–H and O–H groups in total. The van der Waals surface area contributed by atoms with Crippen molar-refractivity contribution in [2.24, 2.45) is 0 Å². The summed E-state index contributed by atoms with van der Waals surface area (Å²) in [7, 11) is 12.5. The lowest BCUT2D eigenvalue weighted by Gasteiger charge is -2.17. The molecule has 4 rings (SSSR count). The normalized spacial score (nSPS) is 10.7. The van der Waals surface area contributed by atoms with Crippen LogP contribution in [0.3, 0.4) is 0 Å². The van der Waals surface area contributed by atoms with Gasteiger partial charge in [-0.05, 0) is 88.0 Å². The average Bonchev–Trinajstić information content (AvgIpc) is 2.84. The molecule has 0 fully saturated rings. The predicted octanol–water partition coefficient (Wildman–Crippen LogP) is 6.89. The summed E-state index contributed by atoms with van der Waals surface area (Å²) in [6.07, 6.45) is 0. The molecule has 0 saturated heterocycles. The maximum absolute atomic E-state index is 2.31. The van der Waals surface area contributed by atoms with E-state index in [2.05, 4.69) is 148 Å². The first-order valence-electron chi connectivity index (χ1n) is 11.3. The molecule has 0 bridgehead atoms. The molecule has 0 amide bonds. The monoisotopic (exact) mass is 435 g/mol. The highest BCUT2D eigenvalue weighted by Gasteiger charge is 2.10. The van der Waals surface area contributed by atoms with E-state index in [0.717, 1.165) is 0 Å². The molecular weight excluding hydrogens is 402 g/mol. The Hall–Kier alpha value is -3.72. The van der Waals surface area contributed by atoms with Gasteiger partial charge < -0.3 is 14.7 Å². The molecule has 0 aromatic heterocycles. The smallest absolute Gasteiger partial charge is 0.0367 e. The minimum atomic E-state index is 1.20. The van der Waals surface area contributed by atoms with Crippen molar-refractivity contribution in [3.05, 3.63) is 91.0 Å². The molecule has 0 heterocycles. The number of rotatable bonds is 6. The predicted molar refractivity (Wildman–Crippen MR) is 146 cm³/mol. The van der Waals surface area contributed by atoms with E-state index < -0.39 is 0 Å². The Morgan fingerprint density at radius 2 is 0.606 bits per heavy atom. The molecule has 168 valence electrons. The lowest BCUT2D eigenvalue weighted by Crippen LogP contribution is -2.08. The summed E-state index contributed by atoms with van der Waals surface area (Å²) in [5.74, 6) is 0. The Morgan fingerprint density at radius 3 is 0.848 bits per heavy atom. The molecule has 4 aromatic rings. The summed E-state index contributed by atoms with van der Waals surface area (Å²) in [5.41, 5.74) is 10.9. The minimum absolute atomic E-state index is 1.20. The van der Waals surface area contributed by atoms with Crippen LogP contribution in [0.25, 0.3) is 33.4 Å². The summed E-state index contributed by atoms with van der Waals surface area (Å²) >= 11 is 0. The van der Waals surface area contributed by atoms with Crippen molar-refractivity contribution in [3.8, 4) is 33.4 Å². The fourth-order valence-corrected chi connectivity index (χ4v) is 4.02. The van der Waals surface area contributed by atoms with Crippen LogP contribution >= 0.6 is 0 Å². The zero-order valence-electron chi connectivity index (χ0n) is 20.5. The number of hydrogen-bond donors (Lipinski definition) is 0. The number of anilines is 3. The van der Waals surface area contributed by atoms with Crippen LogP contribution in [-0.4, -0.2) is 42.3 Å². The summed E-state index contributed by atoms with van der Waals surface area (Å²) in [5, 5.41) is 0. The highest BCUT2D eigenvalue weighted by atomic mass is 15.1. The van der Waals surface area contributed by atoms with E-state index in [1.165, 1.54) is 50.4 Å². The molecule has 0 radical (unpaired) electrons. The quantitative estimate of drug-likeness (QED) is 0.327. The number of nitrogens with zero attached hydrogens (tertiary/aromatic N) is 3. The Kier molecular flexibility index (Phi) is 6.41. The van der Waals surface area contributed by atoms with Gasteiger partial charge in [-0.2, -0.15) is 0 Å². The first-order valence-corrected chi connectivity index (χ1v) is 11.3. The van der Waals surface area contributed by atoms with Gasteiger partial charge in [-0.3, -0.25) is 0 Å². The molecule has 0 aliphatic heterocycles. The Bertz CT molecular complexity index is 1090. The summed E-state index contributed by atoms with van der Waals surface area (Å²) in [6.45, 7) is 0. The van der Waals surface area contributed by atoms with E-state index in [-0.39, 0.29) is 0 Å². The van der Waals surface area contributed by atoms with Crippen molar-refractivity contribution in [1.29, 1.82) is 0 Å². The molecule has 3 nitrogen and oxygen atoms in total. The molecule has 0 saturated carbocycles. The standard InChI is InChI=1S/C30H33N3/c1-31(2)28-13-7-10-22(19-28)25-16-26(23-11-8-14-29(20-23)32(3)4)18-27(17-25)24-12-9-15-30(21-24)33(5)6/h7-21H,1-6H3. The van der Waals surface area contributed by atoms with Crippen molar-refractivity contribution in [2.75, 3.05) is 57.0 Å². The highest BCUT2D eigenvalue weighted by Crippen LogP contribution is 2.35. The largest absolute Gasteiger partial charge is 0.378 e. The molecule has 0 spiro atoms. The zero-order chi connectivity index (χ0) is 23.5. The van der Waals surface area contributed by atoms with E-state index in [1.54, 1.807) is 0 Å². The molecule has 33 heavy (non-hydrogen) atoms. The van der Waals surface area contributed by atoms with Gasteiger partial charge >= 0.3 is 0 Å². The third-order valence-electron chi connectivity index (χ3n) is 6.02. The third kappa shape index (κ3) is 5.04. The molecule has 0 aliphatic carbocycles. The average molecular weight is 436 g/mol. The highest BCUT2D eigenvalue weighted by molar-refractivity contribution is 5.83. The second kappa shape index (κ2) is 9.41. The van der Waals surface area contributed by atoms with Gasteiger partial charge in [0, 0.05) is 59.3 Å². The van der Waals surface area contributed by atoms with Gasteiger partial charge in [-0.25, -0.2) is 0 Å². The third-order valence-corrected chi connectivity index (χ3v) is 6.02. The molecular formula is C30H33N3. The Labute approximate surface area is 198 Å². The second-order valence-electron chi connectivity index (χ2n) is 9.13. The molecule has 3 heteroatoms. The van der Waals surface area contributed by atoms with Crippen LogP contribution in [0.5, 0.6) is 0 Å². The van der Waals surface area contributed by atoms with Crippen molar-refractivity contribution < 1.29 is 0 Å². The van der Waals surface area contributed by atoms with E-state index >= 15 is 0 Å². The topological polar surface area (TPSA) is 9.72 Å². The van der Waals surface area contributed by atoms with Gasteiger partial charge in [-0.15, -0.1) is 0 Å². The number of hydrogen-bond acceptors (Lipinski definition) is 3. The molecule has 4 aromatic carbocycles. The minimum Gasteiger partial charge on any atom is -0.378 e. The van der Waals surface area contributed by atoms with E-state index in [0.29, 0.717) is 0 Å². The zero-order valence-corrected chi connectivity index (χ0v) is 20.5. The van der Waals surface area contributed by atoms with Gasteiger partial charge in [0.1, 0.15) is 0 Å². The van der Waals surface area contributed by atoms with Crippen molar-refractivity contribution in [3.63, 3.8) is 0 Å². The van der Waals surface area contributed by atoms with Crippen molar-refractivity contribution >= 4 is 17.1 Å². The van der Waals surface area contributed by atoms with Crippen LogP contribution in [0.4, 0.5) is 17.1 Å². The van der Waals surface area contributed by atoms with Crippen LogP contribution in [0.2, 0.25) is 0 Å². The van der Waals surface area contributed by atoms with Gasteiger partial charge in [0.05, 0.1) is 0 Å². The van der Waals surface area contributed by atoms with E-state index in [9.17, 15) is 0 Å². The maximum atomic E-state index is 2.31. The van der Waals surface area contributed by atoms with Crippen LogP contribution < -0.4 is 14.7 Å². The molecule has 0 aliphatic rings. The Balaban J connectivity index is 1.91. The lowest BCUT2D eigenvalue weighted by atomic mass is 9.93. The maximum Gasteiger partial charge on any atom is 0.0367 e. The van der Waals surface area contributed by atoms with Crippen LogP contribution in [0, 0.1) is 0 Å². The first kappa shape index (κ1) is 22.5.